The highest BCUT2D eigenvalue weighted by molar-refractivity contribution is 5.94. The Kier molecular flexibility index (Phi) is 5.78. The number of carbonyl (C=O) groups excluding carboxylic acids is 2. The van der Waals surface area contributed by atoms with Crippen molar-refractivity contribution >= 4 is 17.6 Å². The van der Waals surface area contributed by atoms with E-state index in [0.29, 0.717) is 25.0 Å². The van der Waals surface area contributed by atoms with Crippen molar-refractivity contribution in [1.29, 1.82) is 0 Å². The van der Waals surface area contributed by atoms with Gasteiger partial charge in [-0.25, -0.2) is 4.79 Å². The largest absolute Gasteiger partial charge is 0.468 e. The maximum Gasteiger partial charge on any atom is 0.336 e. The summed E-state index contributed by atoms with van der Waals surface area (Å²) in [7, 11) is 2.87. The van der Waals surface area contributed by atoms with Crippen LogP contribution in [0.4, 0.5) is 5.69 Å². The zero-order valence-corrected chi connectivity index (χ0v) is 19.8. The van der Waals surface area contributed by atoms with Crippen molar-refractivity contribution in [3.8, 4) is 0 Å². The van der Waals surface area contributed by atoms with Crippen LogP contribution in [0, 0.1) is 5.92 Å². The molecular formula is C28H30N2O4. The Hall–Kier alpha value is -3.38. The van der Waals surface area contributed by atoms with Gasteiger partial charge in [0.15, 0.2) is 0 Å². The standard InChI is InChI=1S/C28H30N2O4/c1-4-10-19-15-23-28(16-22(26(31)33-2)30(23)17-18-11-6-5-7-12-18)20-13-8-9-14-21(20)29-25(28)24(19)27(32)34-3/h4-14,19,22-23,29H,15-17H2,1-3H3/b10-4+/t19-,22+,23+,28-/m1/s1. The number of allylic oxidation sites excluding steroid dienone is 2. The molecule has 2 heterocycles. The zero-order valence-electron chi connectivity index (χ0n) is 19.8. The first kappa shape index (κ1) is 22.4. The number of fused-ring (bicyclic) bond motifs is 1. The monoisotopic (exact) mass is 458 g/mol. The van der Waals surface area contributed by atoms with Gasteiger partial charge in [-0.2, -0.15) is 0 Å². The Labute approximate surface area is 200 Å². The Bertz CT molecular complexity index is 1170. The Balaban J connectivity index is 1.73. The Morgan fingerprint density at radius 3 is 2.53 bits per heavy atom. The van der Waals surface area contributed by atoms with E-state index < -0.39 is 11.5 Å². The second-order valence-electron chi connectivity index (χ2n) is 9.21. The first-order valence-corrected chi connectivity index (χ1v) is 11.7. The van der Waals surface area contributed by atoms with Gasteiger partial charge in [0.1, 0.15) is 6.04 Å². The number of hydrogen-bond acceptors (Lipinski definition) is 6. The second kappa shape index (κ2) is 8.76. The molecular weight excluding hydrogens is 428 g/mol. The highest BCUT2D eigenvalue weighted by Crippen LogP contribution is 2.60. The van der Waals surface area contributed by atoms with Crippen LogP contribution in [-0.4, -0.2) is 43.1 Å². The highest BCUT2D eigenvalue weighted by Gasteiger charge is 2.63. The van der Waals surface area contributed by atoms with Crippen molar-refractivity contribution in [2.24, 2.45) is 5.92 Å². The van der Waals surface area contributed by atoms with Crippen LogP contribution in [0.25, 0.3) is 0 Å². The molecule has 6 nitrogen and oxygen atoms in total. The van der Waals surface area contributed by atoms with Gasteiger partial charge in [-0.15, -0.1) is 0 Å². The maximum absolute atomic E-state index is 13.1. The number of esters is 2. The molecule has 5 rings (SSSR count). The van der Waals surface area contributed by atoms with Crippen LogP contribution in [0.5, 0.6) is 0 Å². The van der Waals surface area contributed by atoms with E-state index in [0.717, 1.165) is 22.5 Å². The minimum absolute atomic E-state index is 0.00226. The molecule has 1 saturated heterocycles. The first-order valence-electron chi connectivity index (χ1n) is 11.7. The molecule has 0 radical (unpaired) electrons. The molecule has 2 aromatic carbocycles. The molecule has 1 spiro atoms. The number of nitrogens with zero attached hydrogens (tertiary/aromatic N) is 1. The molecule has 3 aliphatic rings. The van der Waals surface area contributed by atoms with E-state index in [1.165, 1.54) is 14.2 Å². The molecule has 0 amide bonds. The number of anilines is 1. The number of likely N-dealkylation sites (tertiary alicyclic amines) is 1. The predicted octanol–water partition coefficient (Wildman–Crippen LogP) is 4.19. The van der Waals surface area contributed by atoms with Gasteiger partial charge in [0.2, 0.25) is 0 Å². The van der Waals surface area contributed by atoms with Crippen LogP contribution < -0.4 is 5.32 Å². The summed E-state index contributed by atoms with van der Waals surface area (Å²) in [4.78, 5) is 28.5. The number of carbonyl (C=O) groups is 2. The van der Waals surface area contributed by atoms with Gasteiger partial charge in [-0.1, -0.05) is 60.7 Å². The summed E-state index contributed by atoms with van der Waals surface area (Å²) in [5.74, 6) is -0.694. The smallest absolute Gasteiger partial charge is 0.336 e. The normalized spacial score (nSPS) is 27.7. The van der Waals surface area contributed by atoms with E-state index in [9.17, 15) is 9.59 Å². The molecule has 2 aliphatic heterocycles. The lowest BCUT2D eigenvalue weighted by atomic mass is 9.64. The van der Waals surface area contributed by atoms with Crippen molar-refractivity contribution in [1.82, 2.24) is 4.90 Å². The van der Waals surface area contributed by atoms with Crippen molar-refractivity contribution in [3.63, 3.8) is 0 Å². The van der Waals surface area contributed by atoms with E-state index in [-0.39, 0.29) is 23.9 Å². The predicted molar refractivity (Wildman–Crippen MR) is 130 cm³/mol. The summed E-state index contributed by atoms with van der Waals surface area (Å²) in [6, 6.07) is 18.0. The average molecular weight is 459 g/mol. The van der Waals surface area contributed by atoms with Gasteiger partial charge in [-0.05, 0) is 37.0 Å². The molecule has 34 heavy (non-hydrogen) atoms. The van der Waals surface area contributed by atoms with Crippen molar-refractivity contribution < 1.29 is 19.1 Å². The lowest BCUT2D eigenvalue weighted by Crippen LogP contribution is -2.49. The minimum atomic E-state index is -0.522. The van der Waals surface area contributed by atoms with Crippen molar-refractivity contribution in [2.75, 3.05) is 19.5 Å². The molecule has 1 N–H and O–H groups in total. The third-order valence-corrected chi connectivity index (χ3v) is 7.63. The van der Waals surface area contributed by atoms with E-state index in [2.05, 4.69) is 34.5 Å². The summed E-state index contributed by atoms with van der Waals surface area (Å²) in [6.07, 6.45) is 5.30. The van der Waals surface area contributed by atoms with E-state index in [1.807, 2.05) is 49.4 Å². The van der Waals surface area contributed by atoms with Crippen LogP contribution in [0.2, 0.25) is 0 Å². The number of methoxy groups -OCH3 is 2. The third-order valence-electron chi connectivity index (χ3n) is 7.63. The summed E-state index contributed by atoms with van der Waals surface area (Å²) in [6.45, 7) is 2.59. The summed E-state index contributed by atoms with van der Waals surface area (Å²) < 4.78 is 10.5. The van der Waals surface area contributed by atoms with Gasteiger partial charge in [-0.3, -0.25) is 9.69 Å². The molecule has 176 valence electrons. The minimum Gasteiger partial charge on any atom is -0.468 e. The molecule has 0 unspecified atom stereocenters. The molecule has 0 bridgehead atoms. The molecule has 6 heteroatoms. The van der Waals surface area contributed by atoms with Gasteiger partial charge < -0.3 is 14.8 Å². The SMILES string of the molecule is C/C=C/[C@@H]1C[C@@H]2N(Cc3ccccc3)[C@H](C(=O)OC)C[C@]23C(=C1C(=O)OC)Nc1ccccc13. The van der Waals surface area contributed by atoms with Crippen LogP contribution in [0.1, 0.15) is 30.9 Å². The summed E-state index contributed by atoms with van der Waals surface area (Å²) >= 11 is 0. The number of benzene rings is 2. The van der Waals surface area contributed by atoms with Gasteiger partial charge in [0, 0.05) is 29.9 Å². The molecule has 1 aliphatic carbocycles. The number of hydrogen-bond donors (Lipinski definition) is 1. The zero-order chi connectivity index (χ0) is 23.9. The van der Waals surface area contributed by atoms with Gasteiger partial charge in [0.05, 0.1) is 25.2 Å². The van der Waals surface area contributed by atoms with E-state index in [4.69, 9.17) is 9.47 Å². The van der Waals surface area contributed by atoms with Gasteiger partial charge >= 0.3 is 11.9 Å². The third kappa shape index (κ3) is 3.28. The quantitative estimate of drug-likeness (QED) is 0.535. The Morgan fingerprint density at radius 1 is 1.09 bits per heavy atom. The fraction of sp³-hybridized carbons (Fsp3) is 0.357. The maximum atomic E-state index is 13.1. The average Bonchev–Trinajstić information content (AvgIpc) is 3.37. The molecule has 1 fully saturated rings. The van der Waals surface area contributed by atoms with Crippen LogP contribution in [-0.2, 0) is 31.0 Å². The lowest BCUT2D eigenvalue weighted by Gasteiger charge is -2.43. The van der Waals surface area contributed by atoms with Gasteiger partial charge in [0.25, 0.3) is 0 Å². The Morgan fingerprint density at radius 2 is 1.82 bits per heavy atom. The topological polar surface area (TPSA) is 67.9 Å². The number of ether oxygens (including phenoxy) is 2. The van der Waals surface area contributed by atoms with Crippen molar-refractivity contribution in [3.05, 3.63) is 89.1 Å². The summed E-state index contributed by atoms with van der Waals surface area (Å²) in [5.41, 5.74) is 4.24. The van der Waals surface area contributed by atoms with Crippen LogP contribution >= 0.6 is 0 Å². The summed E-state index contributed by atoms with van der Waals surface area (Å²) in [5, 5.41) is 3.58. The highest BCUT2D eigenvalue weighted by atomic mass is 16.5. The van der Waals surface area contributed by atoms with E-state index >= 15 is 0 Å². The number of nitrogens with one attached hydrogen (secondary N) is 1. The molecule has 0 aromatic heterocycles. The fourth-order valence-electron chi connectivity index (χ4n) is 6.31. The van der Waals surface area contributed by atoms with Crippen LogP contribution in [0.3, 0.4) is 0 Å². The van der Waals surface area contributed by atoms with Crippen LogP contribution in [0.15, 0.2) is 78.0 Å². The molecule has 0 saturated carbocycles. The molecule has 4 atom stereocenters. The fourth-order valence-corrected chi connectivity index (χ4v) is 6.31. The first-order chi connectivity index (χ1) is 16.5. The number of para-hydroxylation sites is 1. The lowest BCUT2D eigenvalue weighted by molar-refractivity contribution is -0.146. The molecule has 2 aromatic rings. The second-order valence-corrected chi connectivity index (χ2v) is 9.21. The number of rotatable bonds is 5. The van der Waals surface area contributed by atoms with E-state index in [1.54, 1.807) is 0 Å². The van der Waals surface area contributed by atoms with Crippen molar-refractivity contribution in [2.45, 2.75) is 43.8 Å².